The minimum Gasteiger partial charge on any atom is -0.468 e. The molecule has 0 spiro atoms. The smallest absolute Gasteiger partial charge is 0.422 e. The number of carbonyl (C=O) groups is 2. The molecule has 0 bridgehead atoms. The number of benzene rings is 1. The van der Waals surface area contributed by atoms with Crippen LogP contribution in [0.15, 0.2) is 47.4 Å². The molecular formula is C22H22F3N5O4. The summed E-state index contributed by atoms with van der Waals surface area (Å²) in [6.45, 7) is 0.860. The van der Waals surface area contributed by atoms with Crippen LogP contribution < -0.4 is 21.1 Å². The van der Waals surface area contributed by atoms with Gasteiger partial charge >= 0.3 is 6.18 Å². The molecule has 0 atom stereocenters. The lowest BCUT2D eigenvalue weighted by molar-refractivity contribution is -0.154. The van der Waals surface area contributed by atoms with Crippen LogP contribution in [0, 0.1) is 0 Å². The third-order valence-electron chi connectivity index (χ3n) is 4.73. The van der Waals surface area contributed by atoms with Crippen molar-refractivity contribution in [2.24, 2.45) is 0 Å². The summed E-state index contributed by atoms with van der Waals surface area (Å²) in [7, 11) is 0. The number of hydrazine groups is 1. The molecule has 1 aromatic carbocycles. The Labute approximate surface area is 191 Å². The molecule has 3 aromatic rings. The lowest BCUT2D eigenvalue weighted by Gasteiger charge is -2.12. The van der Waals surface area contributed by atoms with Crippen molar-refractivity contribution in [2.45, 2.75) is 38.9 Å². The molecule has 0 aliphatic carbocycles. The van der Waals surface area contributed by atoms with Crippen molar-refractivity contribution >= 4 is 22.6 Å². The van der Waals surface area contributed by atoms with Gasteiger partial charge in [0.1, 0.15) is 0 Å². The summed E-state index contributed by atoms with van der Waals surface area (Å²) in [5.41, 5.74) is 4.06. The van der Waals surface area contributed by atoms with Crippen molar-refractivity contribution in [3.05, 3.63) is 64.2 Å². The molecule has 2 aromatic heterocycles. The van der Waals surface area contributed by atoms with E-state index in [0.29, 0.717) is 17.3 Å². The molecule has 3 rings (SSSR count). The van der Waals surface area contributed by atoms with Crippen molar-refractivity contribution in [2.75, 3.05) is 6.61 Å². The maximum Gasteiger partial charge on any atom is 0.422 e. The second-order valence-corrected chi connectivity index (χ2v) is 7.33. The minimum absolute atomic E-state index is 0.0259. The molecular weight excluding hydrogens is 455 g/mol. The molecule has 0 unspecified atom stereocenters. The topological polar surface area (TPSA) is 115 Å². The van der Waals surface area contributed by atoms with Crippen molar-refractivity contribution in [1.82, 2.24) is 25.6 Å². The first-order chi connectivity index (χ1) is 16.2. The first kappa shape index (κ1) is 24.7. The number of nitrogens with one attached hydrogen (secondary N) is 2. The average Bonchev–Trinajstić information content (AvgIpc) is 2.82. The van der Waals surface area contributed by atoms with Crippen LogP contribution >= 0.6 is 0 Å². The van der Waals surface area contributed by atoms with Crippen LogP contribution in [0.2, 0.25) is 0 Å². The van der Waals surface area contributed by atoms with E-state index in [9.17, 15) is 27.6 Å². The molecule has 2 amide bonds. The van der Waals surface area contributed by atoms with Crippen LogP contribution in [0.3, 0.4) is 0 Å². The highest BCUT2D eigenvalue weighted by molar-refractivity contribution is 6.06. The second kappa shape index (κ2) is 10.8. The fourth-order valence-electron chi connectivity index (χ4n) is 3.07. The lowest BCUT2D eigenvalue weighted by atomic mass is 10.1. The number of pyridine rings is 1. The van der Waals surface area contributed by atoms with Crippen molar-refractivity contribution in [3.63, 3.8) is 0 Å². The third kappa shape index (κ3) is 6.30. The number of rotatable bonds is 8. The quantitative estimate of drug-likeness (QED) is 0.381. The highest BCUT2D eigenvalue weighted by Gasteiger charge is 2.28. The average molecular weight is 477 g/mol. The third-order valence-corrected chi connectivity index (χ3v) is 4.73. The Morgan fingerprint density at radius 2 is 1.74 bits per heavy atom. The number of halogens is 3. The summed E-state index contributed by atoms with van der Waals surface area (Å²) in [5, 5.41) is 4.85. The second-order valence-electron chi connectivity index (χ2n) is 7.33. The predicted molar refractivity (Wildman–Crippen MR) is 116 cm³/mol. The molecule has 0 aliphatic heterocycles. The van der Waals surface area contributed by atoms with Gasteiger partial charge in [-0.15, -0.1) is 0 Å². The Morgan fingerprint density at radius 1 is 1.03 bits per heavy atom. The Kier molecular flexibility index (Phi) is 7.82. The summed E-state index contributed by atoms with van der Waals surface area (Å²) in [4.78, 5) is 41.4. The first-order valence-electron chi connectivity index (χ1n) is 10.5. The fraction of sp³-hybridized carbons (Fsp3) is 0.318. The van der Waals surface area contributed by atoms with Gasteiger partial charge in [0.05, 0.1) is 10.9 Å². The van der Waals surface area contributed by atoms with E-state index < -0.39 is 24.6 Å². The van der Waals surface area contributed by atoms with Gasteiger partial charge in [0.25, 0.3) is 17.4 Å². The molecule has 180 valence electrons. The van der Waals surface area contributed by atoms with Crippen LogP contribution in [0.5, 0.6) is 5.88 Å². The molecule has 34 heavy (non-hydrogen) atoms. The molecule has 0 radical (unpaired) electrons. The van der Waals surface area contributed by atoms with Crippen molar-refractivity contribution < 1.29 is 27.5 Å². The largest absolute Gasteiger partial charge is 0.468 e. The van der Waals surface area contributed by atoms with Gasteiger partial charge in [-0.25, -0.2) is 9.67 Å². The van der Waals surface area contributed by atoms with E-state index in [1.54, 1.807) is 24.3 Å². The van der Waals surface area contributed by atoms with Gasteiger partial charge in [0.15, 0.2) is 12.3 Å². The standard InChI is InChI=1S/C22H22F3N5O4/c1-2-3-6-11-30-21(33)16-8-5-4-7-15(16)18(29-30)20(32)28-27-19(31)14-9-10-17(26-12-14)34-13-22(23,24)25/h4-5,7-10,12H,2-3,6,11,13H2,1H3,(H,27,31)(H,28,32). The first-order valence-corrected chi connectivity index (χ1v) is 10.5. The Balaban J connectivity index is 1.71. The molecule has 0 aliphatic rings. The van der Waals surface area contributed by atoms with E-state index in [2.05, 4.69) is 25.7 Å². The van der Waals surface area contributed by atoms with E-state index in [1.165, 1.54) is 10.7 Å². The SMILES string of the molecule is CCCCCn1nc(C(=O)NNC(=O)c2ccc(OCC(F)(F)F)nc2)c2ccccc2c1=O. The van der Waals surface area contributed by atoms with Gasteiger partial charge < -0.3 is 4.74 Å². The summed E-state index contributed by atoms with van der Waals surface area (Å²) in [6, 6.07) is 8.82. The Morgan fingerprint density at radius 3 is 2.38 bits per heavy atom. The summed E-state index contributed by atoms with van der Waals surface area (Å²) < 4.78 is 42.3. The van der Waals surface area contributed by atoms with Gasteiger partial charge in [0.2, 0.25) is 5.88 Å². The summed E-state index contributed by atoms with van der Waals surface area (Å²) in [5.74, 6) is -1.81. The number of fused-ring (bicyclic) bond motifs is 1. The lowest BCUT2D eigenvalue weighted by Crippen LogP contribution is -2.42. The van der Waals surface area contributed by atoms with Crippen LogP contribution in [0.4, 0.5) is 13.2 Å². The number of amides is 2. The van der Waals surface area contributed by atoms with E-state index in [0.717, 1.165) is 31.5 Å². The van der Waals surface area contributed by atoms with Gasteiger partial charge in [-0.3, -0.25) is 25.2 Å². The molecule has 9 nitrogen and oxygen atoms in total. The van der Waals surface area contributed by atoms with Gasteiger partial charge in [-0.2, -0.15) is 18.3 Å². The van der Waals surface area contributed by atoms with E-state index in [1.807, 2.05) is 6.92 Å². The van der Waals surface area contributed by atoms with Gasteiger partial charge in [-0.05, 0) is 18.6 Å². The highest BCUT2D eigenvalue weighted by atomic mass is 19.4. The van der Waals surface area contributed by atoms with Crippen molar-refractivity contribution in [3.8, 4) is 5.88 Å². The molecule has 0 saturated carbocycles. The van der Waals surface area contributed by atoms with Crippen molar-refractivity contribution in [1.29, 1.82) is 0 Å². The van der Waals surface area contributed by atoms with Crippen LogP contribution in [-0.4, -0.2) is 39.4 Å². The number of alkyl halides is 3. The number of ether oxygens (including phenoxy) is 1. The van der Waals surface area contributed by atoms with E-state index in [-0.39, 0.29) is 22.7 Å². The highest BCUT2D eigenvalue weighted by Crippen LogP contribution is 2.17. The van der Waals surface area contributed by atoms with Crippen LogP contribution in [0.1, 0.15) is 47.0 Å². The normalized spacial score (nSPS) is 11.3. The summed E-state index contributed by atoms with van der Waals surface area (Å²) in [6.07, 6.45) is -0.943. The molecule has 2 heterocycles. The zero-order valence-corrected chi connectivity index (χ0v) is 18.2. The van der Waals surface area contributed by atoms with Crippen LogP contribution in [0.25, 0.3) is 10.8 Å². The molecule has 12 heteroatoms. The van der Waals surface area contributed by atoms with Gasteiger partial charge in [-0.1, -0.05) is 38.0 Å². The number of unbranched alkanes of at least 4 members (excludes halogenated alkanes) is 2. The van der Waals surface area contributed by atoms with E-state index >= 15 is 0 Å². The van der Waals surface area contributed by atoms with Crippen LogP contribution in [-0.2, 0) is 6.54 Å². The number of hydrogen-bond acceptors (Lipinski definition) is 6. The number of hydrogen-bond donors (Lipinski definition) is 2. The van der Waals surface area contributed by atoms with E-state index in [4.69, 9.17) is 0 Å². The molecule has 0 fully saturated rings. The maximum atomic E-state index is 12.8. The minimum atomic E-state index is -4.52. The summed E-state index contributed by atoms with van der Waals surface area (Å²) >= 11 is 0. The maximum absolute atomic E-state index is 12.8. The molecule has 0 saturated heterocycles. The van der Waals surface area contributed by atoms with Gasteiger partial charge in [0, 0.05) is 24.2 Å². The Bertz CT molecular complexity index is 1230. The zero-order valence-electron chi connectivity index (χ0n) is 18.2. The zero-order chi connectivity index (χ0) is 24.7. The fourth-order valence-corrected chi connectivity index (χ4v) is 3.07. The number of nitrogens with zero attached hydrogens (tertiary/aromatic N) is 3. The number of carbonyl (C=O) groups excluding carboxylic acids is 2. The number of aryl methyl sites for hydroxylation is 1. The Hall–Kier alpha value is -3.96. The monoisotopic (exact) mass is 477 g/mol. The molecule has 2 N–H and O–H groups in total. The number of aromatic nitrogens is 3. The predicted octanol–water partition coefficient (Wildman–Crippen LogP) is 3.00.